The van der Waals surface area contributed by atoms with Gasteiger partial charge in [0.1, 0.15) is 11.5 Å². The maximum atomic E-state index is 12.8. The first-order chi connectivity index (χ1) is 14.6. The Bertz CT molecular complexity index is 1040. The van der Waals surface area contributed by atoms with E-state index >= 15 is 0 Å². The van der Waals surface area contributed by atoms with Crippen molar-refractivity contribution in [3.8, 4) is 11.5 Å². The maximum absolute atomic E-state index is 12.8. The lowest BCUT2D eigenvalue weighted by molar-refractivity contribution is 0.0976. The summed E-state index contributed by atoms with van der Waals surface area (Å²) in [5.41, 5.74) is 1.95. The van der Waals surface area contributed by atoms with Crippen LogP contribution in [0.4, 0.5) is 5.69 Å². The lowest BCUT2D eigenvalue weighted by Crippen LogP contribution is -2.36. The summed E-state index contributed by atoms with van der Waals surface area (Å²) >= 11 is 6.12. The fourth-order valence-electron chi connectivity index (χ4n) is 2.62. The highest BCUT2D eigenvalue weighted by molar-refractivity contribution is 6.31. The number of guanidine groups is 1. The van der Waals surface area contributed by atoms with Gasteiger partial charge < -0.3 is 14.8 Å². The minimum Gasteiger partial charge on any atom is -0.497 e. The molecule has 0 fully saturated rings. The van der Waals surface area contributed by atoms with E-state index in [-0.39, 0.29) is 11.9 Å². The number of nitrogens with zero attached hydrogens (tertiary/aromatic N) is 2. The van der Waals surface area contributed by atoms with Crippen LogP contribution in [0.25, 0.3) is 0 Å². The first kappa shape index (κ1) is 21.1. The molecular weight excluding hydrogens is 404 g/mol. The van der Waals surface area contributed by atoms with E-state index in [1.54, 1.807) is 69.1 Å². The van der Waals surface area contributed by atoms with E-state index in [9.17, 15) is 4.79 Å². The number of pyridine rings is 1. The number of nitrogens with one attached hydrogen (secondary N) is 2. The third-order valence-electron chi connectivity index (χ3n) is 4.15. The molecule has 0 unspecified atom stereocenters. The Hall–Kier alpha value is -3.58. The Balaban J connectivity index is 1.87. The second-order valence-electron chi connectivity index (χ2n) is 6.18. The standard InChI is InChI=1S/C22H21ClN4O3/c1-29-18-5-3-4-16(12-18)21(28)27-22(25-14-15-8-10-24-11-9-15)26-19-13-17(23)6-7-20(19)30-2/h3-13H,14H2,1-2H3,(H2,25,26,27,28). The lowest BCUT2D eigenvalue weighted by Gasteiger charge is -2.15. The van der Waals surface area contributed by atoms with E-state index in [1.807, 2.05) is 12.1 Å². The van der Waals surface area contributed by atoms with Gasteiger partial charge in [0.2, 0.25) is 5.96 Å². The molecule has 0 aliphatic heterocycles. The second-order valence-corrected chi connectivity index (χ2v) is 6.61. The van der Waals surface area contributed by atoms with Gasteiger partial charge in [-0.1, -0.05) is 17.7 Å². The second kappa shape index (κ2) is 10.3. The summed E-state index contributed by atoms with van der Waals surface area (Å²) in [6, 6.07) is 15.7. The summed E-state index contributed by atoms with van der Waals surface area (Å²) in [5, 5.41) is 6.42. The van der Waals surface area contributed by atoms with Crippen LogP contribution in [0.3, 0.4) is 0 Å². The van der Waals surface area contributed by atoms with Crippen molar-refractivity contribution in [3.63, 3.8) is 0 Å². The number of hydrogen-bond donors (Lipinski definition) is 2. The zero-order chi connectivity index (χ0) is 21.3. The fraction of sp³-hybridized carbons (Fsp3) is 0.136. The van der Waals surface area contributed by atoms with Crippen molar-refractivity contribution in [3.05, 3.63) is 83.1 Å². The van der Waals surface area contributed by atoms with Gasteiger partial charge in [0.25, 0.3) is 5.91 Å². The minimum absolute atomic E-state index is 0.250. The largest absolute Gasteiger partial charge is 0.497 e. The van der Waals surface area contributed by atoms with E-state index in [2.05, 4.69) is 20.6 Å². The van der Waals surface area contributed by atoms with Gasteiger partial charge in [0, 0.05) is 23.0 Å². The van der Waals surface area contributed by atoms with Crippen LogP contribution in [0.5, 0.6) is 11.5 Å². The quantitative estimate of drug-likeness (QED) is 0.458. The van der Waals surface area contributed by atoms with Gasteiger partial charge >= 0.3 is 0 Å². The number of aliphatic imine (C=N–C) groups is 1. The number of methoxy groups -OCH3 is 2. The van der Waals surface area contributed by atoms with Gasteiger partial charge in [-0.2, -0.15) is 0 Å². The van der Waals surface area contributed by atoms with E-state index < -0.39 is 0 Å². The van der Waals surface area contributed by atoms with Crippen molar-refractivity contribution in [2.45, 2.75) is 6.54 Å². The van der Waals surface area contributed by atoms with Crippen LogP contribution < -0.4 is 20.1 Å². The Labute approximate surface area is 179 Å². The fourth-order valence-corrected chi connectivity index (χ4v) is 2.79. The summed E-state index contributed by atoms with van der Waals surface area (Å²) in [7, 11) is 3.10. The van der Waals surface area contributed by atoms with Gasteiger partial charge in [0.15, 0.2) is 0 Å². The summed E-state index contributed by atoms with van der Waals surface area (Å²) in [4.78, 5) is 21.3. The first-order valence-corrected chi connectivity index (χ1v) is 9.46. The van der Waals surface area contributed by atoms with Crippen LogP contribution in [0.1, 0.15) is 15.9 Å². The predicted molar refractivity (Wildman–Crippen MR) is 117 cm³/mol. The van der Waals surface area contributed by atoms with Crippen LogP contribution in [0, 0.1) is 0 Å². The number of rotatable bonds is 6. The molecule has 3 rings (SSSR count). The van der Waals surface area contributed by atoms with Crippen LogP contribution in [-0.2, 0) is 6.54 Å². The molecule has 7 nitrogen and oxygen atoms in total. The summed E-state index contributed by atoms with van der Waals surface area (Å²) < 4.78 is 10.6. The molecule has 1 amide bonds. The highest BCUT2D eigenvalue weighted by atomic mass is 35.5. The van der Waals surface area contributed by atoms with E-state index in [0.717, 1.165) is 5.56 Å². The summed E-state index contributed by atoms with van der Waals surface area (Å²) in [5.74, 6) is 1.06. The van der Waals surface area contributed by atoms with Crippen molar-refractivity contribution in [2.75, 3.05) is 19.5 Å². The molecule has 8 heteroatoms. The highest BCUT2D eigenvalue weighted by Gasteiger charge is 2.13. The SMILES string of the molecule is COc1cccc(C(=O)NC(=NCc2ccncc2)Nc2cc(Cl)ccc2OC)c1. The van der Waals surface area contributed by atoms with Crippen molar-refractivity contribution < 1.29 is 14.3 Å². The van der Waals surface area contributed by atoms with E-state index in [1.165, 1.54) is 0 Å². The highest BCUT2D eigenvalue weighted by Crippen LogP contribution is 2.27. The number of hydrogen-bond acceptors (Lipinski definition) is 5. The number of anilines is 1. The van der Waals surface area contributed by atoms with Crippen molar-refractivity contribution in [1.29, 1.82) is 0 Å². The summed E-state index contributed by atoms with van der Waals surface area (Å²) in [6.45, 7) is 0.339. The number of aromatic nitrogens is 1. The van der Waals surface area contributed by atoms with Crippen molar-refractivity contribution in [2.24, 2.45) is 4.99 Å². The van der Waals surface area contributed by atoms with E-state index in [4.69, 9.17) is 21.1 Å². The molecular formula is C22H21ClN4O3. The molecule has 1 aromatic heterocycles. The zero-order valence-corrected chi connectivity index (χ0v) is 17.3. The lowest BCUT2D eigenvalue weighted by atomic mass is 10.2. The van der Waals surface area contributed by atoms with Crippen molar-refractivity contribution in [1.82, 2.24) is 10.3 Å². The van der Waals surface area contributed by atoms with Gasteiger partial charge in [-0.15, -0.1) is 0 Å². The minimum atomic E-state index is -0.337. The van der Waals surface area contributed by atoms with Gasteiger partial charge in [-0.05, 0) is 54.1 Å². The Morgan fingerprint density at radius 1 is 1.07 bits per heavy atom. The normalized spacial score (nSPS) is 11.0. The molecule has 30 heavy (non-hydrogen) atoms. The molecule has 0 spiro atoms. The Morgan fingerprint density at radius 3 is 2.60 bits per heavy atom. The zero-order valence-electron chi connectivity index (χ0n) is 16.6. The van der Waals surface area contributed by atoms with Crippen LogP contribution in [-0.4, -0.2) is 31.1 Å². The molecule has 0 saturated carbocycles. The van der Waals surface area contributed by atoms with Crippen LogP contribution in [0.15, 0.2) is 72.0 Å². The molecule has 0 bridgehead atoms. The van der Waals surface area contributed by atoms with Crippen LogP contribution >= 0.6 is 11.6 Å². The molecule has 0 radical (unpaired) electrons. The molecule has 154 valence electrons. The third kappa shape index (κ3) is 5.71. The molecule has 2 N–H and O–H groups in total. The first-order valence-electron chi connectivity index (χ1n) is 9.08. The molecule has 2 aromatic carbocycles. The third-order valence-corrected chi connectivity index (χ3v) is 4.38. The molecule has 0 atom stereocenters. The number of halogens is 1. The van der Waals surface area contributed by atoms with Crippen LogP contribution in [0.2, 0.25) is 5.02 Å². The Morgan fingerprint density at radius 2 is 1.87 bits per heavy atom. The molecule has 0 saturated heterocycles. The Kier molecular flexibility index (Phi) is 7.24. The predicted octanol–water partition coefficient (Wildman–Crippen LogP) is 4.15. The van der Waals surface area contributed by atoms with E-state index in [0.29, 0.717) is 34.3 Å². The average Bonchev–Trinajstić information content (AvgIpc) is 2.78. The monoisotopic (exact) mass is 424 g/mol. The maximum Gasteiger partial charge on any atom is 0.258 e. The molecule has 3 aromatic rings. The molecule has 0 aliphatic carbocycles. The number of ether oxygens (including phenoxy) is 2. The molecule has 1 heterocycles. The molecule has 0 aliphatic rings. The van der Waals surface area contributed by atoms with Crippen molar-refractivity contribution >= 4 is 29.2 Å². The van der Waals surface area contributed by atoms with Gasteiger partial charge in [-0.3, -0.25) is 15.1 Å². The summed E-state index contributed by atoms with van der Waals surface area (Å²) in [6.07, 6.45) is 3.37. The number of benzene rings is 2. The van der Waals surface area contributed by atoms with Gasteiger partial charge in [0.05, 0.1) is 26.5 Å². The topological polar surface area (TPSA) is 84.8 Å². The number of carbonyl (C=O) groups excluding carboxylic acids is 1. The smallest absolute Gasteiger partial charge is 0.258 e. The number of amides is 1. The van der Waals surface area contributed by atoms with Gasteiger partial charge in [-0.25, -0.2) is 4.99 Å². The number of carbonyl (C=O) groups is 1. The average molecular weight is 425 g/mol.